The van der Waals surface area contributed by atoms with E-state index < -0.39 is 0 Å². The van der Waals surface area contributed by atoms with Gasteiger partial charge in [-0.25, -0.2) is 0 Å². The third-order valence-electron chi connectivity index (χ3n) is 1.98. The molecule has 76 valence electrons. The molecule has 0 bridgehead atoms. The molecule has 0 saturated carbocycles. The molecule has 0 N–H and O–H groups in total. The second kappa shape index (κ2) is 9.50. The molecule has 0 aromatic heterocycles. The molecule has 3 heteroatoms. The fourth-order valence-corrected chi connectivity index (χ4v) is 1.15. The molecule has 0 fully saturated rings. The van der Waals surface area contributed by atoms with Gasteiger partial charge in [0.2, 0.25) is 0 Å². The molecule has 0 radical (unpaired) electrons. The number of rotatable bonds is 8. The van der Waals surface area contributed by atoms with Crippen LogP contribution in [0.3, 0.4) is 0 Å². The van der Waals surface area contributed by atoms with Crippen molar-refractivity contribution >= 4 is 0 Å². The van der Waals surface area contributed by atoms with Crippen LogP contribution in [0.4, 0.5) is 0 Å². The minimum Gasteiger partial charge on any atom is -0.383 e. The summed E-state index contributed by atoms with van der Waals surface area (Å²) in [7, 11) is 1.71. The van der Waals surface area contributed by atoms with Gasteiger partial charge in [0.15, 0.2) is 0 Å². The van der Waals surface area contributed by atoms with Crippen LogP contribution in [0, 0.1) is 11.3 Å². The predicted octanol–water partition coefficient (Wildman–Crippen LogP) is 1.65. The van der Waals surface area contributed by atoms with Crippen molar-refractivity contribution in [3.05, 3.63) is 0 Å². The normalized spacial score (nSPS) is 10.3. The van der Waals surface area contributed by atoms with E-state index in [9.17, 15) is 0 Å². The Labute approximate surface area is 81.3 Å². The van der Waals surface area contributed by atoms with Gasteiger partial charge in [-0.2, -0.15) is 5.26 Å². The third-order valence-corrected chi connectivity index (χ3v) is 1.98. The number of unbranched alkanes of at least 4 members (excludes halogenated alkanes) is 1. The summed E-state index contributed by atoms with van der Waals surface area (Å²) in [4.78, 5) is 2.29. The Kier molecular flexibility index (Phi) is 9.07. The Bertz CT molecular complexity index is 134. The Balaban J connectivity index is 3.54. The maximum absolute atomic E-state index is 8.46. The maximum Gasteiger partial charge on any atom is 0.0635 e. The number of ether oxygens (including phenoxy) is 1. The summed E-state index contributed by atoms with van der Waals surface area (Å²) < 4.78 is 5.01. The fraction of sp³-hybridized carbons (Fsp3) is 0.900. The highest BCUT2D eigenvalue weighted by Gasteiger charge is 2.02. The minimum atomic E-state index is 0.618. The van der Waals surface area contributed by atoms with Crippen molar-refractivity contribution in [2.45, 2.75) is 26.2 Å². The van der Waals surface area contributed by atoms with Crippen LogP contribution in [0.5, 0.6) is 0 Å². The SMILES string of the molecule is CCCCN(CCC#N)CCOC. The molecular formula is C10H20N2O. The van der Waals surface area contributed by atoms with E-state index in [1.165, 1.54) is 12.8 Å². The van der Waals surface area contributed by atoms with Gasteiger partial charge in [-0.15, -0.1) is 0 Å². The lowest BCUT2D eigenvalue weighted by Gasteiger charge is -2.19. The zero-order chi connectivity index (χ0) is 9.94. The molecule has 0 saturated heterocycles. The van der Waals surface area contributed by atoms with Gasteiger partial charge in [0.05, 0.1) is 12.7 Å². The van der Waals surface area contributed by atoms with Crippen molar-refractivity contribution in [3.8, 4) is 6.07 Å². The predicted molar refractivity (Wildman–Crippen MR) is 53.5 cm³/mol. The van der Waals surface area contributed by atoms with E-state index in [1.54, 1.807) is 7.11 Å². The van der Waals surface area contributed by atoms with Crippen LogP contribution in [0.2, 0.25) is 0 Å². The molecule has 0 aliphatic rings. The first-order valence-electron chi connectivity index (χ1n) is 4.93. The standard InChI is InChI=1S/C10H20N2O/c1-3-4-7-12(8-5-6-11)9-10-13-2/h3-5,7-10H2,1-2H3. The summed E-state index contributed by atoms with van der Waals surface area (Å²) in [5, 5.41) is 8.46. The van der Waals surface area contributed by atoms with Gasteiger partial charge in [-0.3, -0.25) is 0 Å². The van der Waals surface area contributed by atoms with E-state index in [2.05, 4.69) is 17.9 Å². The zero-order valence-corrected chi connectivity index (χ0v) is 8.75. The molecule has 0 rings (SSSR count). The smallest absolute Gasteiger partial charge is 0.0635 e. The summed E-state index contributed by atoms with van der Waals surface area (Å²) >= 11 is 0. The molecule has 0 aliphatic heterocycles. The van der Waals surface area contributed by atoms with Crippen molar-refractivity contribution in [1.29, 1.82) is 5.26 Å². The van der Waals surface area contributed by atoms with Gasteiger partial charge in [-0.05, 0) is 13.0 Å². The van der Waals surface area contributed by atoms with Crippen LogP contribution in [0.15, 0.2) is 0 Å². The Morgan fingerprint density at radius 3 is 2.62 bits per heavy atom. The van der Waals surface area contributed by atoms with Crippen LogP contribution in [0.1, 0.15) is 26.2 Å². The molecule has 0 heterocycles. The van der Waals surface area contributed by atoms with Crippen molar-refractivity contribution in [1.82, 2.24) is 4.90 Å². The first kappa shape index (κ1) is 12.4. The monoisotopic (exact) mass is 184 g/mol. The fourth-order valence-electron chi connectivity index (χ4n) is 1.15. The summed E-state index contributed by atoms with van der Waals surface area (Å²) in [5.41, 5.74) is 0. The Morgan fingerprint density at radius 1 is 1.31 bits per heavy atom. The summed E-state index contributed by atoms with van der Waals surface area (Å²) in [6.45, 7) is 5.84. The molecule has 0 aliphatic carbocycles. The van der Waals surface area contributed by atoms with Crippen molar-refractivity contribution in [3.63, 3.8) is 0 Å². The first-order valence-corrected chi connectivity index (χ1v) is 4.93. The number of hydrogen-bond acceptors (Lipinski definition) is 3. The van der Waals surface area contributed by atoms with Gasteiger partial charge in [0, 0.05) is 26.6 Å². The quantitative estimate of drug-likeness (QED) is 0.575. The average molecular weight is 184 g/mol. The highest BCUT2D eigenvalue weighted by atomic mass is 16.5. The highest BCUT2D eigenvalue weighted by Crippen LogP contribution is 1.96. The largest absolute Gasteiger partial charge is 0.383 e. The van der Waals surface area contributed by atoms with Gasteiger partial charge in [0.25, 0.3) is 0 Å². The molecule has 0 aromatic carbocycles. The molecule has 0 amide bonds. The van der Waals surface area contributed by atoms with E-state index >= 15 is 0 Å². The Morgan fingerprint density at radius 2 is 2.08 bits per heavy atom. The topological polar surface area (TPSA) is 36.3 Å². The van der Waals surface area contributed by atoms with Crippen molar-refractivity contribution in [2.75, 3.05) is 33.4 Å². The molecule has 0 unspecified atom stereocenters. The summed E-state index contributed by atoms with van der Waals surface area (Å²) in [5.74, 6) is 0. The van der Waals surface area contributed by atoms with Crippen LogP contribution in [-0.2, 0) is 4.74 Å². The number of nitrogens with zero attached hydrogens (tertiary/aromatic N) is 2. The van der Waals surface area contributed by atoms with Crippen LogP contribution in [-0.4, -0.2) is 38.3 Å². The lowest BCUT2D eigenvalue weighted by molar-refractivity contribution is 0.148. The summed E-state index contributed by atoms with van der Waals surface area (Å²) in [6, 6.07) is 2.17. The lowest BCUT2D eigenvalue weighted by atomic mass is 10.3. The zero-order valence-electron chi connectivity index (χ0n) is 8.75. The van der Waals surface area contributed by atoms with Crippen LogP contribution < -0.4 is 0 Å². The maximum atomic E-state index is 8.46. The second-order valence-corrected chi connectivity index (χ2v) is 3.10. The number of nitriles is 1. The molecular weight excluding hydrogens is 164 g/mol. The van der Waals surface area contributed by atoms with E-state index in [0.29, 0.717) is 6.42 Å². The van der Waals surface area contributed by atoms with Gasteiger partial charge in [0.1, 0.15) is 0 Å². The van der Waals surface area contributed by atoms with E-state index in [0.717, 1.165) is 26.2 Å². The van der Waals surface area contributed by atoms with Crippen molar-refractivity contribution in [2.24, 2.45) is 0 Å². The Hall–Kier alpha value is -0.590. The summed E-state index contributed by atoms with van der Waals surface area (Å²) in [6.07, 6.45) is 3.03. The van der Waals surface area contributed by atoms with Gasteiger partial charge >= 0.3 is 0 Å². The minimum absolute atomic E-state index is 0.618. The van der Waals surface area contributed by atoms with Crippen molar-refractivity contribution < 1.29 is 4.74 Å². The van der Waals surface area contributed by atoms with Gasteiger partial charge in [-0.1, -0.05) is 13.3 Å². The van der Waals surface area contributed by atoms with E-state index in [1.807, 2.05) is 0 Å². The van der Waals surface area contributed by atoms with Crippen LogP contribution in [0.25, 0.3) is 0 Å². The van der Waals surface area contributed by atoms with Crippen LogP contribution >= 0.6 is 0 Å². The number of methoxy groups -OCH3 is 1. The molecule has 0 atom stereocenters. The average Bonchev–Trinajstić information content (AvgIpc) is 2.17. The van der Waals surface area contributed by atoms with E-state index in [4.69, 9.17) is 10.00 Å². The number of hydrogen-bond donors (Lipinski definition) is 0. The first-order chi connectivity index (χ1) is 6.35. The highest BCUT2D eigenvalue weighted by molar-refractivity contribution is 4.72. The molecule has 0 spiro atoms. The van der Waals surface area contributed by atoms with E-state index in [-0.39, 0.29) is 0 Å². The molecule has 13 heavy (non-hydrogen) atoms. The third kappa shape index (κ3) is 7.76. The molecule has 3 nitrogen and oxygen atoms in total. The second-order valence-electron chi connectivity index (χ2n) is 3.10. The molecule has 0 aromatic rings. The lowest BCUT2D eigenvalue weighted by Crippen LogP contribution is -2.29. The van der Waals surface area contributed by atoms with Gasteiger partial charge < -0.3 is 9.64 Å².